The molecule has 0 saturated heterocycles. The van der Waals surface area contributed by atoms with Crippen LogP contribution < -0.4 is 10.1 Å². The van der Waals surface area contributed by atoms with E-state index in [1.807, 2.05) is 18.2 Å². The average molecular weight is 340 g/mol. The molecule has 0 bridgehead atoms. The number of hydrogen-bond acceptors (Lipinski definition) is 2. The zero-order valence-corrected chi connectivity index (χ0v) is 13.9. The zero-order valence-electron chi connectivity index (χ0n) is 12.3. The van der Waals surface area contributed by atoms with Gasteiger partial charge in [0.15, 0.2) is 0 Å². The molecule has 1 saturated carbocycles. The SMILES string of the molecule is COc1ccc(Br)c(NC(=O)C2CCCCC2(C)C)c1. The molecule has 2 rings (SSSR count). The minimum Gasteiger partial charge on any atom is -0.497 e. The number of nitrogens with one attached hydrogen (secondary N) is 1. The Kier molecular flexibility index (Phi) is 4.74. The van der Waals surface area contributed by atoms with Crippen molar-refractivity contribution in [3.63, 3.8) is 0 Å². The second-order valence-electron chi connectivity index (χ2n) is 6.12. The molecule has 1 aliphatic rings. The van der Waals surface area contributed by atoms with Gasteiger partial charge in [0.1, 0.15) is 5.75 Å². The number of carbonyl (C=O) groups excluding carboxylic acids is 1. The van der Waals surface area contributed by atoms with Gasteiger partial charge < -0.3 is 10.1 Å². The first-order valence-electron chi connectivity index (χ1n) is 7.08. The van der Waals surface area contributed by atoms with Crippen LogP contribution in [-0.4, -0.2) is 13.0 Å². The van der Waals surface area contributed by atoms with Gasteiger partial charge in [-0.2, -0.15) is 0 Å². The van der Waals surface area contributed by atoms with E-state index >= 15 is 0 Å². The summed E-state index contributed by atoms with van der Waals surface area (Å²) in [4.78, 5) is 12.6. The molecule has 1 atom stereocenters. The molecule has 1 unspecified atom stereocenters. The number of ether oxygens (including phenoxy) is 1. The molecule has 1 aliphatic carbocycles. The lowest BCUT2D eigenvalue weighted by molar-refractivity contribution is -0.124. The van der Waals surface area contributed by atoms with Crippen molar-refractivity contribution in [3.05, 3.63) is 22.7 Å². The Morgan fingerprint density at radius 3 is 2.80 bits per heavy atom. The van der Waals surface area contributed by atoms with Crippen molar-refractivity contribution in [2.24, 2.45) is 11.3 Å². The molecule has 1 aromatic rings. The monoisotopic (exact) mass is 339 g/mol. The van der Waals surface area contributed by atoms with Crippen molar-refractivity contribution >= 4 is 27.5 Å². The van der Waals surface area contributed by atoms with Gasteiger partial charge in [0, 0.05) is 16.5 Å². The van der Waals surface area contributed by atoms with Crippen LogP contribution in [0.1, 0.15) is 39.5 Å². The molecule has 1 amide bonds. The quantitative estimate of drug-likeness (QED) is 0.872. The summed E-state index contributed by atoms with van der Waals surface area (Å²) >= 11 is 3.47. The lowest BCUT2D eigenvalue weighted by atomic mass is 9.68. The predicted molar refractivity (Wildman–Crippen MR) is 85.1 cm³/mol. The van der Waals surface area contributed by atoms with Crippen LogP contribution >= 0.6 is 15.9 Å². The lowest BCUT2D eigenvalue weighted by Gasteiger charge is -2.37. The van der Waals surface area contributed by atoms with Crippen molar-refractivity contribution in [1.82, 2.24) is 0 Å². The van der Waals surface area contributed by atoms with E-state index in [2.05, 4.69) is 35.1 Å². The molecule has 0 heterocycles. The van der Waals surface area contributed by atoms with Gasteiger partial charge in [0.25, 0.3) is 0 Å². The van der Waals surface area contributed by atoms with Crippen molar-refractivity contribution < 1.29 is 9.53 Å². The number of hydrogen-bond donors (Lipinski definition) is 1. The summed E-state index contributed by atoms with van der Waals surface area (Å²) in [6.45, 7) is 4.38. The third-order valence-corrected chi connectivity index (χ3v) is 4.95. The van der Waals surface area contributed by atoms with E-state index in [-0.39, 0.29) is 17.2 Å². The maximum Gasteiger partial charge on any atom is 0.228 e. The molecule has 1 N–H and O–H groups in total. The van der Waals surface area contributed by atoms with E-state index in [0.717, 1.165) is 35.2 Å². The minimum atomic E-state index is 0.0771. The maximum absolute atomic E-state index is 12.6. The van der Waals surface area contributed by atoms with E-state index in [0.29, 0.717) is 0 Å². The van der Waals surface area contributed by atoms with E-state index in [1.54, 1.807) is 7.11 Å². The van der Waals surface area contributed by atoms with Crippen molar-refractivity contribution in [3.8, 4) is 5.75 Å². The molecule has 0 radical (unpaired) electrons. The third-order valence-electron chi connectivity index (χ3n) is 4.26. The first-order chi connectivity index (χ1) is 9.44. The summed E-state index contributed by atoms with van der Waals surface area (Å²) in [6.07, 6.45) is 4.45. The van der Waals surface area contributed by atoms with Gasteiger partial charge in [-0.1, -0.05) is 26.7 Å². The first kappa shape index (κ1) is 15.4. The number of anilines is 1. The number of carbonyl (C=O) groups is 1. The molecular formula is C16H22BrNO2. The first-order valence-corrected chi connectivity index (χ1v) is 7.88. The van der Waals surface area contributed by atoms with Gasteiger partial charge in [-0.05, 0) is 46.3 Å². The summed E-state index contributed by atoms with van der Waals surface area (Å²) in [5, 5.41) is 3.04. The van der Waals surface area contributed by atoms with Gasteiger partial charge in [-0.25, -0.2) is 0 Å². The van der Waals surface area contributed by atoms with Gasteiger partial charge in [-0.15, -0.1) is 0 Å². The van der Waals surface area contributed by atoms with Crippen LogP contribution in [0.25, 0.3) is 0 Å². The van der Waals surface area contributed by atoms with Crippen LogP contribution in [0, 0.1) is 11.3 Å². The lowest BCUT2D eigenvalue weighted by Crippen LogP contribution is -2.37. The molecule has 110 valence electrons. The second-order valence-corrected chi connectivity index (χ2v) is 6.98. The summed E-state index contributed by atoms with van der Waals surface area (Å²) in [5.41, 5.74) is 0.851. The number of benzene rings is 1. The Bertz CT molecular complexity index is 499. The van der Waals surface area contributed by atoms with Crippen LogP contribution in [0.5, 0.6) is 5.75 Å². The van der Waals surface area contributed by atoms with Crippen LogP contribution in [0.15, 0.2) is 22.7 Å². The summed E-state index contributed by atoms with van der Waals surface area (Å²) < 4.78 is 6.08. The Hall–Kier alpha value is -1.03. The zero-order chi connectivity index (χ0) is 14.8. The number of amides is 1. The van der Waals surface area contributed by atoms with Crippen LogP contribution in [0.3, 0.4) is 0 Å². The minimum absolute atomic E-state index is 0.0771. The largest absolute Gasteiger partial charge is 0.497 e. The molecule has 3 nitrogen and oxygen atoms in total. The maximum atomic E-state index is 12.6. The highest BCUT2D eigenvalue weighted by atomic mass is 79.9. The smallest absolute Gasteiger partial charge is 0.228 e. The van der Waals surface area contributed by atoms with Crippen molar-refractivity contribution in [2.75, 3.05) is 12.4 Å². The molecule has 0 aliphatic heterocycles. The summed E-state index contributed by atoms with van der Waals surface area (Å²) in [5.74, 6) is 0.935. The van der Waals surface area contributed by atoms with Gasteiger partial charge in [0.2, 0.25) is 5.91 Å². The highest BCUT2D eigenvalue weighted by Crippen LogP contribution is 2.41. The summed E-state index contributed by atoms with van der Waals surface area (Å²) in [6, 6.07) is 5.60. The van der Waals surface area contributed by atoms with E-state index in [1.165, 1.54) is 6.42 Å². The number of rotatable bonds is 3. The Balaban J connectivity index is 2.15. The molecule has 1 fully saturated rings. The van der Waals surface area contributed by atoms with Crippen LogP contribution in [0.2, 0.25) is 0 Å². The molecule has 4 heteroatoms. The Labute approximate surface area is 129 Å². The molecule has 20 heavy (non-hydrogen) atoms. The normalized spacial score (nSPS) is 21.3. The topological polar surface area (TPSA) is 38.3 Å². The molecule has 0 aromatic heterocycles. The Morgan fingerprint density at radius 1 is 1.40 bits per heavy atom. The van der Waals surface area contributed by atoms with E-state index in [4.69, 9.17) is 4.74 Å². The fourth-order valence-corrected chi connectivity index (χ4v) is 3.27. The fourth-order valence-electron chi connectivity index (χ4n) is 2.93. The van der Waals surface area contributed by atoms with Gasteiger partial charge in [-0.3, -0.25) is 4.79 Å². The number of halogens is 1. The highest BCUT2D eigenvalue weighted by molar-refractivity contribution is 9.10. The molecule has 1 aromatic carbocycles. The highest BCUT2D eigenvalue weighted by Gasteiger charge is 2.37. The second kappa shape index (κ2) is 6.17. The number of methoxy groups -OCH3 is 1. The van der Waals surface area contributed by atoms with E-state index in [9.17, 15) is 4.79 Å². The third kappa shape index (κ3) is 3.35. The molecular weight excluding hydrogens is 318 g/mol. The fraction of sp³-hybridized carbons (Fsp3) is 0.562. The van der Waals surface area contributed by atoms with E-state index < -0.39 is 0 Å². The Morgan fingerprint density at radius 2 is 2.15 bits per heavy atom. The van der Waals surface area contributed by atoms with Crippen LogP contribution in [0.4, 0.5) is 5.69 Å². The van der Waals surface area contributed by atoms with Gasteiger partial charge >= 0.3 is 0 Å². The summed E-state index contributed by atoms with van der Waals surface area (Å²) in [7, 11) is 1.62. The van der Waals surface area contributed by atoms with Crippen molar-refractivity contribution in [2.45, 2.75) is 39.5 Å². The standard InChI is InChI=1S/C16H22BrNO2/c1-16(2)9-5-4-6-12(16)15(19)18-14-10-11(20-3)7-8-13(14)17/h7-8,10,12H,4-6,9H2,1-3H3,(H,18,19). The molecule has 0 spiro atoms. The van der Waals surface area contributed by atoms with Crippen LogP contribution in [-0.2, 0) is 4.79 Å². The average Bonchev–Trinajstić information content (AvgIpc) is 2.40. The predicted octanol–water partition coefficient (Wildman–Crippen LogP) is 4.61. The van der Waals surface area contributed by atoms with Crippen molar-refractivity contribution in [1.29, 1.82) is 0 Å². The van der Waals surface area contributed by atoms with Gasteiger partial charge in [0.05, 0.1) is 12.8 Å².